The molecule has 0 radical (unpaired) electrons. The molecule has 1 aromatic carbocycles. The van der Waals surface area contributed by atoms with E-state index >= 15 is 0 Å². The Morgan fingerprint density at radius 1 is 1.29 bits per heavy atom. The number of hydrogen-bond donors (Lipinski definition) is 0. The largest absolute Gasteiger partial charge is 0.509 e. The van der Waals surface area contributed by atoms with Crippen LogP contribution in [0.25, 0.3) is 0 Å². The monoisotopic (exact) mass is 298 g/mol. The molecule has 4 nitrogen and oxygen atoms in total. The van der Waals surface area contributed by atoms with E-state index < -0.39 is 12.4 Å². The SMILES string of the molecule is CCCn1ncnc1COc1ccc([B-](F)(F)F)c(C)c1. The van der Waals surface area contributed by atoms with Gasteiger partial charge in [-0.15, -0.1) is 5.46 Å². The maximum atomic E-state index is 12.7. The second-order valence-electron chi connectivity index (χ2n) is 4.78. The molecule has 0 aliphatic rings. The van der Waals surface area contributed by atoms with Gasteiger partial charge in [-0.3, -0.25) is 0 Å². The number of nitrogens with zero attached hydrogens (tertiary/aromatic N) is 3. The molecule has 0 unspecified atom stereocenters. The Hall–Kier alpha value is -1.99. The Kier molecular flexibility index (Phi) is 4.54. The minimum Gasteiger partial charge on any atom is -0.486 e. The van der Waals surface area contributed by atoms with E-state index in [-0.39, 0.29) is 12.2 Å². The van der Waals surface area contributed by atoms with Crippen molar-refractivity contribution in [2.45, 2.75) is 33.4 Å². The smallest absolute Gasteiger partial charge is 0.486 e. The molecule has 0 saturated heterocycles. The van der Waals surface area contributed by atoms with Gasteiger partial charge >= 0.3 is 6.98 Å². The third kappa shape index (κ3) is 3.77. The van der Waals surface area contributed by atoms with Gasteiger partial charge in [-0.2, -0.15) is 5.10 Å². The molecular weight excluding hydrogens is 282 g/mol. The van der Waals surface area contributed by atoms with Crippen molar-refractivity contribution in [1.29, 1.82) is 0 Å². The highest BCUT2D eigenvalue weighted by Crippen LogP contribution is 2.18. The van der Waals surface area contributed by atoms with Crippen LogP contribution >= 0.6 is 0 Å². The average Bonchev–Trinajstić information content (AvgIpc) is 2.83. The van der Waals surface area contributed by atoms with Crippen LogP contribution in [0.5, 0.6) is 5.75 Å². The molecular formula is C13H16BF3N3O-. The highest BCUT2D eigenvalue weighted by Gasteiger charge is 2.27. The molecule has 2 rings (SSSR count). The third-order valence-electron chi connectivity index (χ3n) is 3.09. The molecule has 0 saturated carbocycles. The average molecular weight is 298 g/mol. The Labute approximate surface area is 121 Å². The number of aryl methyl sites for hydroxylation is 2. The lowest BCUT2D eigenvalue weighted by Gasteiger charge is -2.18. The summed E-state index contributed by atoms with van der Waals surface area (Å²) in [6.07, 6.45) is 2.35. The zero-order chi connectivity index (χ0) is 15.5. The lowest BCUT2D eigenvalue weighted by Crippen LogP contribution is -2.35. The van der Waals surface area contributed by atoms with Crippen LogP contribution in [0.4, 0.5) is 12.9 Å². The van der Waals surface area contributed by atoms with Crippen molar-refractivity contribution in [3.63, 3.8) is 0 Å². The van der Waals surface area contributed by atoms with Gasteiger partial charge in [0.05, 0.1) is 0 Å². The Morgan fingerprint density at radius 3 is 2.67 bits per heavy atom. The van der Waals surface area contributed by atoms with Gasteiger partial charge in [-0.25, -0.2) is 9.67 Å². The van der Waals surface area contributed by atoms with Crippen molar-refractivity contribution < 1.29 is 17.7 Å². The zero-order valence-corrected chi connectivity index (χ0v) is 11.9. The Morgan fingerprint density at radius 2 is 2.05 bits per heavy atom. The van der Waals surface area contributed by atoms with Gasteiger partial charge < -0.3 is 17.7 Å². The van der Waals surface area contributed by atoms with Gasteiger partial charge in [0.2, 0.25) is 0 Å². The van der Waals surface area contributed by atoms with Crippen LogP contribution in [-0.4, -0.2) is 21.7 Å². The van der Waals surface area contributed by atoms with E-state index in [9.17, 15) is 12.9 Å². The lowest BCUT2D eigenvalue weighted by molar-refractivity contribution is 0.286. The van der Waals surface area contributed by atoms with E-state index in [0.29, 0.717) is 11.6 Å². The Bertz CT molecular complexity index is 613. The van der Waals surface area contributed by atoms with Gasteiger partial charge in [-0.1, -0.05) is 18.6 Å². The summed E-state index contributed by atoms with van der Waals surface area (Å²) in [4.78, 5) is 4.08. The first-order chi connectivity index (χ1) is 9.91. The first-order valence-electron chi connectivity index (χ1n) is 6.71. The molecule has 0 atom stereocenters. The quantitative estimate of drug-likeness (QED) is 0.770. The first kappa shape index (κ1) is 15.4. The summed E-state index contributed by atoms with van der Waals surface area (Å²) in [7, 11) is 0. The van der Waals surface area contributed by atoms with Gasteiger partial charge in [0, 0.05) is 6.54 Å². The molecule has 0 bridgehead atoms. The van der Waals surface area contributed by atoms with Crippen LogP contribution in [0.2, 0.25) is 0 Å². The van der Waals surface area contributed by atoms with Crippen LogP contribution in [0, 0.1) is 6.92 Å². The highest BCUT2D eigenvalue weighted by atomic mass is 19.4. The molecule has 0 aliphatic heterocycles. The zero-order valence-electron chi connectivity index (χ0n) is 11.9. The van der Waals surface area contributed by atoms with Gasteiger partial charge in [0.15, 0.2) is 5.82 Å². The maximum Gasteiger partial charge on any atom is 0.509 e. The molecule has 0 fully saturated rings. The van der Waals surface area contributed by atoms with Gasteiger partial charge in [0.25, 0.3) is 0 Å². The summed E-state index contributed by atoms with van der Waals surface area (Å²) in [6, 6.07) is 3.78. The number of hydrogen-bond acceptors (Lipinski definition) is 3. The molecule has 0 N–H and O–H groups in total. The molecule has 21 heavy (non-hydrogen) atoms. The first-order valence-corrected chi connectivity index (χ1v) is 6.71. The predicted molar refractivity (Wildman–Crippen MR) is 74.5 cm³/mol. The van der Waals surface area contributed by atoms with Crippen molar-refractivity contribution >= 4 is 12.4 Å². The fraction of sp³-hybridized carbons (Fsp3) is 0.385. The fourth-order valence-corrected chi connectivity index (χ4v) is 2.05. The normalized spacial score (nSPS) is 11.7. The van der Waals surface area contributed by atoms with Crippen molar-refractivity contribution in [2.24, 2.45) is 0 Å². The summed E-state index contributed by atoms with van der Waals surface area (Å²) in [5.74, 6) is 1.04. The lowest BCUT2D eigenvalue weighted by atomic mass is 9.77. The third-order valence-corrected chi connectivity index (χ3v) is 3.09. The van der Waals surface area contributed by atoms with Crippen LogP contribution in [0.15, 0.2) is 24.5 Å². The van der Waals surface area contributed by atoms with Crippen molar-refractivity contribution in [2.75, 3.05) is 0 Å². The molecule has 8 heteroatoms. The van der Waals surface area contributed by atoms with Gasteiger partial charge in [-0.05, 0) is 25.5 Å². The summed E-state index contributed by atoms with van der Waals surface area (Å²) in [5.41, 5.74) is -0.425. The highest BCUT2D eigenvalue weighted by molar-refractivity contribution is 6.74. The van der Waals surface area contributed by atoms with E-state index in [2.05, 4.69) is 10.1 Å². The second-order valence-corrected chi connectivity index (χ2v) is 4.78. The summed E-state index contributed by atoms with van der Waals surface area (Å²) >= 11 is 0. The number of benzene rings is 1. The minimum atomic E-state index is -4.99. The van der Waals surface area contributed by atoms with Crippen LogP contribution in [0.3, 0.4) is 0 Å². The summed E-state index contributed by atoms with van der Waals surface area (Å²) in [5, 5.41) is 4.06. The fourth-order valence-electron chi connectivity index (χ4n) is 2.05. The number of halogens is 3. The van der Waals surface area contributed by atoms with E-state index in [0.717, 1.165) is 19.0 Å². The predicted octanol–water partition coefficient (Wildman–Crippen LogP) is 2.63. The molecule has 0 amide bonds. The standard InChI is InChI=1S/C13H16BF3N3O/c1-3-6-20-13(18-9-19-20)8-21-11-4-5-12(10(2)7-11)14(15,16)17/h4-5,7,9H,3,6,8H2,1-2H3/q-1. The number of aromatic nitrogens is 3. The van der Waals surface area contributed by atoms with Crippen molar-refractivity contribution in [1.82, 2.24) is 14.8 Å². The Balaban J connectivity index is 2.07. The van der Waals surface area contributed by atoms with Crippen LogP contribution < -0.4 is 10.2 Å². The van der Waals surface area contributed by atoms with Gasteiger partial charge in [0.1, 0.15) is 18.7 Å². The van der Waals surface area contributed by atoms with E-state index in [4.69, 9.17) is 4.74 Å². The van der Waals surface area contributed by atoms with E-state index in [1.54, 1.807) is 4.68 Å². The molecule has 1 aromatic heterocycles. The molecule has 0 aliphatic carbocycles. The van der Waals surface area contributed by atoms with Crippen LogP contribution in [-0.2, 0) is 13.2 Å². The maximum absolute atomic E-state index is 12.7. The summed E-state index contributed by atoms with van der Waals surface area (Å²) < 4.78 is 45.4. The minimum absolute atomic E-state index is 0.162. The number of ether oxygens (including phenoxy) is 1. The second kappa shape index (κ2) is 6.20. The van der Waals surface area contributed by atoms with Crippen molar-refractivity contribution in [3.05, 3.63) is 35.9 Å². The molecule has 114 valence electrons. The van der Waals surface area contributed by atoms with E-state index in [1.165, 1.54) is 25.4 Å². The molecule has 0 spiro atoms. The molecule has 2 aromatic rings. The topological polar surface area (TPSA) is 39.9 Å². The van der Waals surface area contributed by atoms with Crippen molar-refractivity contribution in [3.8, 4) is 5.75 Å². The summed E-state index contributed by atoms with van der Waals surface area (Å²) in [6.45, 7) is -0.635. The van der Waals surface area contributed by atoms with E-state index in [1.807, 2.05) is 6.92 Å². The number of rotatable bonds is 6. The van der Waals surface area contributed by atoms with Crippen LogP contribution in [0.1, 0.15) is 24.7 Å². The molecule has 1 heterocycles.